The third-order valence-corrected chi connectivity index (χ3v) is 3.89. The molecule has 2 nitrogen and oxygen atoms in total. The maximum Gasteiger partial charge on any atom is 0.164 e. The van der Waals surface area contributed by atoms with E-state index in [0.717, 1.165) is 24.9 Å². The minimum Gasteiger partial charge on any atom is -0.310 e. The van der Waals surface area contributed by atoms with Crippen molar-refractivity contribution in [2.24, 2.45) is 0 Å². The van der Waals surface area contributed by atoms with Crippen LogP contribution >= 0.6 is 0 Å². The third-order valence-electron chi connectivity index (χ3n) is 3.89. The van der Waals surface area contributed by atoms with Crippen molar-refractivity contribution in [2.75, 3.05) is 6.54 Å². The number of unbranched alkanes of at least 4 members (excludes halogenated alkanes) is 1. The van der Waals surface area contributed by atoms with E-state index in [1.807, 2.05) is 30.3 Å². The first-order valence-electron chi connectivity index (χ1n) is 8.09. The standard InChI is InChI=1S/C20H25NO/c1-3-4-14-21-19(17-12-10-16(2)11-13-17)15-20(22)18-8-6-5-7-9-18/h5-13,19,21H,3-4,14-15H2,1-2H3. The van der Waals surface area contributed by atoms with E-state index < -0.39 is 0 Å². The average Bonchev–Trinajstić information content (AvgIpc) is 2.55. The van der Waals surface area contributed by atoms with Crippen LogP contribution in [0.2, 0.25) is 0 Å². The molecule has 2 heteroatoms. The molecule has 0 heterocycles. The van der Waals surface area contributed by atoms with Gasteiger partial charge in [0.2, 0.25) is 0 Å². The number of benzene rings is 2. The lowest BCUT2D eigenvalue weighted by Gasteiger charge is -2.19. The summed E-state index contributed by atoms with van der Waals surface area (Å²) in [6.45, 7) is 5.20. The van der Waals surface area contributed by atoms with E-state index in [2.05, 4.69) is 43.4 Å². The first-order valence-corrected chi connectivity index (χ1v) is 8.09. The Morgan fingerprint density at radius 3 is 2.36 bits per heavy atom. The quantitative estimate of drug-likeness (QED) is 0.565. The maximum absolute atomic E-state index is 12.5. The van der Waals surface area contributed by atoms with Crippen LogP contribution in [0.15, 0.2) is 54.6 Å². The molecule has 22 heavy (non-hydrogen) atoms. The van der Waals surface area contributed by atoms with Gasteiger partial charge >= 0.3 is 0 Å². The molecule has 0 amide bonds. The number of hydrogen-bond donors (Lipinski definition) is 1. The average molecular weight is 295 g/mol. The van der Waals surface area contributed by atoms with Gasteiger partial charge in [0.1, 0.15) is 0 Å². The molecule has 0 saturated carbocycles. The third kappa shape index (κ3) is 4.81. The molecule has 0 aliphatic rings. The minimum atomic E-state index is 0.0832. The summed E-state index contributed by atoms with van der Waals surface area (Å²) in [5.74, 6) is 0.190. The Labute approximate surface area is 133 Å². The topological polar surface area (TPSA) is 29.1 Å². The minimum absolute atomic E-state index is 0.0832. The van der Waals surface area contributed by atoms with E-state index >= 15 is 0 Å². The van der Waals surface area contributed by atoms with Crippen molar-refractivity contribution >= 4 is 5.78 Å². The van der Waals surface area contributed by atoms with E-state index in [1.54, 1.807) is 0 Å². The summed E-state index contributed by atoms with van der Waals surface area (Å²) >= 11 is 0. The summed E-state index contributed by atoms with van der Waals surface area (Å²) < 4.78 is 0. The molecule has 1 atom stereocenters. The lowest BCUT2D eigenvalue weighted by atomic mass is 9.97. The van der Waals surface area contributed by atoms with Gasteiger partial charge in [-0.15, -0.1) is 0 Å². The number of carbonyl (C=O) groups excluding carboxylic acids is 1. The van der Waals surface area contributed by atoms with Crippen molar-refractivity contribution in [2.45, 2.75) is 39.2 Å². The molecule has 0 spiro atoms. The predicted molar refractivity (Wildman–Crippen MR) is 92.2 cm³/mol. The molecule has 2 aromatic carbocycles. The Bertz CT molecular complexity index is 574. The molecule has 0 aliphatic carbocycles. The lowest BCUT2D eigenvalue weighted by Crippen LogP contribution is -2.25. The van der Waals surface area contributed by atoms with Crippen LogP contribution in [0, 0.1) is 6.92 Å². The van der Waals surface area contributed by atoms with Crippen molar-refractivity contribution < 1.29 is 4.79 Å². The van der Waals surface area contributed by atoms with Gasteiger partial charge < -0.3 is 5.32 Å². The number of Topliss-reactive ketones (excluding diaryl/α,β-unsaturated/α-hetero) is 1. The van der Waals surface area contributed by atoms with Crippen LogP contribution in [0.4, 0.5) is 0 Å². The number of carbonyl (C=O) groups is 1. The molecule has 2 aromatic rings. The number of rotatable bonds is 8. The van der Waals surface area contributed by atoms with Crippen LogP contribution in [-0.4, -0.2) is 12.3 Å². The van der Waals surface area contributed by atoms with Crippen LogP contribution in [0.3, 0.4) is 0 Å². The molecular weight excluding hydrogens is 270 g/mol. The highest BCUT2D eigenvalue weighted by atomic mass is 16.1. The normalized spacial score (nSPS) is 12.1. The number of hydrogen-bond acceptors (Lipinski definition) is 2. The highest BCUT2D eigenvalue weighted by Gasteiger charge is 2.16. The fourth-order valence-corrected chi connectivity index (χ4v) is 2.49. The van der Waals surface area contributed by atoms with Gasteiger partial charge in [-0.2, -0.15) is 0 Å². The fraction of sp³-hybridized carbons (Fsp3) is 0.350. The van der Waals surface area contributed by atoms with E-state index in [9.17, 15) is 4.79 Å². The highest BCUT2D eigenvalue weighted by Crippen LogP contribution is 2.20. The molecule has 1 N–H and O–H groups in total. The lowest BCUT2D eigenvalue weighted by molar-refractivity contribution is 0.0968. The van der Waals surface area contributed by atoms with Crippen LogP contribution in [0.25, 0.3) is 0 Å². The van der Waals surface area contributed by atoms with Crippen molar-refractivity contribution in [3.8, 4) is 0 Å². The Balaban J connectivity index is 2.10. The Kier molecular flexibility index (Phi) is 6.35. The van der Waals surface area contributed by atoms with Gasteiger partial charge in [-0.1, -0.05) is 73.5 Å². The molecule has 0 aromatic heterocycles. The molecule has 0 aliphatic heterocycles. The monoisotopic (exact) mass is 295 g/mol. The number of aryl methyl sites for hydroxylation is 1. The molecule has 2 rings (SSSR count). The summed E-state index contributed by atoms with van der Waals surface area (Å²) in [6.07, 6.45) is 2.78. The van der Waals surface area contributed by atoms with Crippen LogP contribution in [0.5, 0.6) is 0 Å². The summed E-state index contributed by atoms with van der Waals surface area (Å²) in [7, 11) is 0. The largest absolute Gasteiger partial charge is 0.310 e. The van der Waals surface area contributed by atoms with E-state index in [1.165, 1.54) is 11.1 Å². The first kappa shape index (κ1) is 16.4. The second-order valence-corrected chi connectivity index (χ2v) is 5.76. The van der Waals surface area contributed by atoms with Gasteiger partial charge in [-0.25, -0.2) is 0 Å². The summed E-state index contributed by atoms with van der Waals surface area (Å²) in [5.41, 5.74) is 3.22. The van der Waals surface area contributed by atoms with Crippen LogP contribution in [-0.2, 0) is 0 Å². The second-order valence-electron chi connectivity index (χ2n) is 5.76. The van der Waals surface area contributed by atoms with Gasteiger partial charge in [0.25, 0.3) is 0 Å². The zero-order valence-corrected chi connectivity index (χ0v) is 13.5. The second kappa shape index (κ2) is 8.50. The van der Waals surface area contributed by atoms with Gasteiger partial charge in [-0.3, -0.25) is 4.79 Å². The first-order chi connectivity index (χ1) is 10.7. The molecule has 0 radical (unpaired) electrons. The maximum atomic E-state index is 12.5. The van der Waals surface area contributed by atoms with Crippen LogP contribution < -0.4 is 5.32 Å². The zero-order valence-electron chi connectivity index (χ0n) is 13.5. The Morgan fingerprint density at radius 2 is 1.73 bits per heavy atom. The van der Waals surface area contributed by atoms with Crippen molar-refractivity contribution in [3.63, 3.8) is 0 Å². The molecule has 0 fully saturated rings. The van der Waals surface area contributed by atoms with Gasteiger partial charge in [0, 0.05) is 18.0 Å². The van der Waals surface area contributed by atoms with Gasteiger partial charge in [0.05, 0.1) is 0 Å². The summed E-state index contributed by atoms with van der Waals surface area (Å²) in [5, 5.41) is 3.54. The number of nitrogens with one attached hydrogen (secondary N) is 1. The molecule has 0 saturated heterocycles. The molecule has 1 unspecified atom stereocenters. The van der Waals surface area contributed by atoms with Crippen molar-refractivity contribution in [1.82, 2.24) is 5.32 Å². The van der Waals surface area contributed by atoms with E-state index in [0.29, 0.717) is 6.42 Å². The molecule has 0 bridgehead atoms. The SMILES string of the molecule is CCCCNC(CC(=O)c1ccccc1)c1ccc(C)cc1. The molecule has 116 valence electrons. The van der Waals surface area contributed by atoms with Crippen molar-refractivity contribution in [1.29, 1.82) is 0 Å². The Morgan fingerprint density at radius 1 is 1.05 bits per heavy atom. The number of ketones is 1. The van der Waals surface area contributed by atoms with Crippen molar-refractivity contribution in [3.05, 3.63) is 71.3 Å². The Hall–Kier alpha value is -1.93. The van der Waals surface area contributed by atoms with Crippen LogP contribution in [0.1, 0.15) is 53.7 Å². The van der Waals surface area contributed by atoms with Gasteiger partial charge in [0.15, 0.2) is 5.78 Å². The predicted octanol–water partition coefficient (Wildman–Crippen LogP) is 4.70. The fourth-order valence-electron chi connectivity index (χ4n) is 2.49. The van der Waals surface area contributed by atoms with E-state index in [4.69, 9.17) is 0 Å². The molecular formula is C20H25NO. The highest BCUT2D eigenvalue weighted by molar-refractivity contribution is 5.96. The summed E-state index contributed by atoms with van der Waals surface area (Å²) in [4.78, 5) is 12.5. The smallest absolute Gasteiger partial charge is 0.164 e. The van der Waals surface area contributed by atoms with E-state index in [-0.39, 0.29) is 11.8 Å². The summed E-state index contributed by atoms with van der Waals surface area (Å²) in [6, 6.07) is 18.1. The van der Waals surface area contributed by atoms with Gasteiger partial charge in [-0.05, 0) is 25.5 Å². The zero-order chi connectivity index (χ0) is 15.8.